The SMILES string of the molecule is COC(=O)C1C=C(Br)C=C(C)C1(Br)Br. The van der Waals surface area contributed by atoms with Crippen molar-refractivity contribution in [3.05, 3.63) is 22.2 Å². The van der Waals surface area contributed by atoms with Crippen LogP contribution in [0.1, 0.15) is 6.92 Å². The number of esters is 1. The molecule has 14 heavy (non-hydrogen) atoms. The van der Waals surface area contributed by atoms with E-state index in [0.717, 1.165) is 10.1 Å². The van der Waals surface area contributed by atoms with Gasteiger partial charge in [-0.2, -0.15) is 0 Å². The number of alkyl halides is 2. The zero-order valence-electron chi connectivity index (χ0n) is 7.68. The molecule has 0 bridgehead atoms. The summed E-state index contributed by atoms with van der Waals surface area (Å²) in [4.78, 5) is 11.5. The van der Waals surface area contributed by atoms with E-state index in [0.29, 0.717) is 0 Å². The predicted octanol–water partition coefficient (Wildman–Crippen LogP) is 3.50. The summed E-state index contributed by atoms with van der Waals surface area (Å²) in [6.07, 6.45) is 3.76. The molecule has 0 aliphatic heterocycles. The normalized spacial score (nSPS) is 25.1. The average Bonchev–Trinajstić information content (AvgIpc) is 2.10. The fourth-order valence-corrected chi connectivity index (χ4v) is 2.68. The first-order chi connectivity index (χ1) is 6.39. The van der Waals surface area contributed by atoms with Gasteiger partial charge in [0, 0.05) is 4.48 Å². The van der Waals surface area contributed by atoms with Crippen LogP contribution >= 0.6 is 47.8 Å². The van der Waals surface area contributed by atoms with Crippen molar-refractivity contribution >= 4 is 53.8 Å². The summed E-state index contributed by atoms with van der Waals surface area (Å²) in [5, 5.41) is 0. The fourth-order valence-electron chi connectivity index (χ4n) is 1.20. The van der Waals surface area contributed by atoms with E-state index in [1.54, 1.807) is 0 Å². The molecule has 1 rings (SSSR count). The Morgan fingerprint density at radius 1 is 1.57 bits per heavy atom. The van der Waals surface area contributed by atoms with Crippen LogP contribution in [-0.2, 0) is 9.53 Å². The fraction of sp³-hybridized carbons (Fsp3) is 0.444. The summed E-state index contributed by atoms with van der Waals surface area (Å²) in [5.74, 6) is -0.643. The third kappa shape index (κ3) is 2.31. The summed E-state index contributed by atoms with van der Waals surface area (Å²) in [6.45, 7) is 1.94. The van der Waals surface area contributed by atoms with E-state index in [4.69, 9.17) is 4.74 Å². The molecule has 0 aromatic heterocycles. The maximum atomic E-state index is 11.5. The Balaban J connectivity index is 3.08. The third-order valence-electron chi connectivity index (χ3n) is 2.05. The Bertz CT molecular complexity index is 318. The number of methoxy groups -OCH3 is 1. The van der Waals surface area contributed by atoms with Gasteiger partial charge in [0.1, 0.15) is 9.15 Å². The van der Waals surface area contributed by atoms with Crippen molar-refractivity contribution in [1.82, 2.24) is 0 Å². The second-order valence-electron chi connectivity index (χ2n) is 3.00. The van der Waals surface area contributed by atoms with Gasteiger partial charge in [0.25, 0.3) is 0 Å². The second-order valence-corrected chi connectivity index (χ2v) is 7.48. The zero-order valence-corrected chi connectivity index (χ0v) is 12.4. The molecule has 0 saturated heterocycles. The van der Waals surface area contributed by atoms with E-state index in [1.807, 2.05) is 19.1 Å². The van der Waals surface area contributed by atoms with E-state index >= 15 is 0 Å². The van der Waals surface area contributed by atoms with E-state index in [9.17, 15) is 4.79 Å². The molecule has 1 unspecified atom stereocenters. The second kappa shape index (κ2) is 4.49. The van der Waals surface area contributed by atoms with Gasteiger partial charge in [-0.1, -0.05) is 53.9 Å². The van der Waals surface area contributed by atoms with Gasteiger partial charge < -0.3 is 4.74 Å². The molecule has 0 N–H and O–H groups in total. The number of rotatable bonds is 1. The van der Waals surface area contributed by atoms with Crippen LogP contribution in [0.5, 0.6) is 0 Å². The first-order valence-electron chi connectivity index (χ1n) is 3.91. The predicted molar refractivity (Wildman–Crippen MR) is 66.9 cm³/mol. The van der Waals surface area contributed by atoms with Crippen LogP contribution in [-0.4, -0.2) is 16.3 Å². The number of halogens is 3. The Kier molecular flexibility index (Phi) is 4.00. The van der Waals surface area contributed by atoms with Gasteiger partial charge in [0.2, 0.25) is 0 Å². The zero-order chi connectivity index (χ0) is 10.9. The van der Waals surface area contributed by atoms with Crippen molar-refractivity contribution in [3.8, 4) is 0 Å². The first kappa shape index (κ1) is 12.5. The largest absolute Gasteiger partial charge is 0.468 e. The molecule has 0 heterocycles. The van der Waals surface area contributed by atoms with Gasteiger partial charge in [-0.3, -0.25) is 4.79 Å². The Morgan fingerprint density at radius 3 is 2.64 bits per heavy atom. The highest BCUT2D eigenvalue weighted by atomic mass is 79.9. The average molecular weight is 389 g/mol. The van der Waals surface area contributed by atoms with Crippen molar-refractivity contribution < 1.29 is 9.53 Å². The minimum atomic E-state index is -0.537. The molecule has 0 saturated carbocycles. The maximum absolute atomic E-state index is 11.5. The highest BCUT2D eigenvalue weighted by molar-refractivity contribution is 9.25. The van der Waals surface area contributed by atoms with Gasteiger partial charge >= 0.3 is 5.97 Å². The van der Waals surface area contributed by atoms with Crippen LogP contribution in [0, 0.1) is 5.92 Å². The van der Waals surface area contributed by atoms with Crippen LogP contribution in [0.25, 0.3) is 0 Å². The molecular formula is C9H9Br3O2. The molecule has 5 heteroatoms. The van der Waals surface area contributed by atoms with E-state index in [-0.39, 0.29) is 11.9 Å². The van der Waals surface area contributed by atoms with Crippen molar-refractivity contribution in [3.63, 3.8) is 0 Å². The molecule has 1 aliphatic rings. The molecule has 0 aromatic rings. The number of allylic oxidation sites excluding steroid dienone is 3. The van der Waals surface area contributed by atoms with Gasteiger partial charge in [-0.25, -0.2) is 0 Å². The standard InChI is InChI=1S/C9H9Br3O2/c1-5-3-6(10)4-7(8(13)14-2)9(5,11)12/h3-4,7H,1-2H3. The van der Waals surface area contributed by atoms with Crippen LogP contribution in [0.2, 0.25) is 0 Å². The summed E-state index contributed by atoms with van der Waals surface area (Å²) in [7, 11) is 1.38. The molecule has 2 nitrogen and oxygen atoms in total. The lowest BCUT2D eigenvalue weighted by Gasteiger charge is -2.30. The van der Waals surface area contributed by atoms with Gasteiger partial charge in [-0.15, -0.1) is 0 Å². The van der Waals surface area contributed by atoms with E-state index in [2.05, 4.69) is 47.8 Å². The Labute approximate surface area is 108 Å². The number of carbonyl (C=O) groups is 1. The summed E-state index contributed by atoms with van der Waals surface area (Å²) in [5.41, 5.74) is 1.02. The number of carbonyl (C=O) groups excluding carboxylic acids is 1. The number of hydrogen-bond acceptors (Lipinski definition) is 2. The van der Waals surface area contributed by atoms with Crippen molar-refractivity contribution in [2.45, 2.75) is 10.2 Å². The molecule has 0 fully saturated rings. The van der Waals surface area contributed by atoms with Crippen LogP contribution in [0.4, 0.5) is 0 Å². The van der Waals surface area contributed by atoms with Gasteiger partial charge in [0.15, 0.2) is 0 Å². The summed E-state index contributed by atoms with van der Waals surface area (Å²) < 4.78 is 5.08. The molecule has 0 spiro atoms. The number of ether oxygens (including phenoxy) is 1. The minimum Gasteiger partial charge on any atom is -0.468 e. The lowest BCUT2D eigenvalue weighted by Crippen LogP contribution is -2.34. The summed E-state index contributed by atoms with van der Waals surface area (Å²) >= 11 is 10.3. The molecule has 1 aliphatic carbocycles. The van der Waals surface area contributed by atoms with Crippen molar-refractivity contribution in [2.24, 2.45) is 5.92 Å². The Morgan fingerprint density at radius 2 is 2.14 bits per heavy atom. The molecular weight excluding hydrogens is 380 g/mol. The smallest absolute Gasteiger partial charge is 0.315 e. The highest BCUT2D eigenvalue weighted by Gasteiger charge is 2.41. The monoisotopic (exact) mass is 386 g/mol. The van der Waals surface area contributed by atoms with Crippen LogP contribution in [0.15, 0.2) is 22.2 Å². The topological polar surface area (TPSA) is 26.3 Å². The van der Waals surface area contributed by atoms with Crippen LogP contribution < -0.4 is 0 Å². The maximum Gasteiger partial charge on any atom is 0.315 e. The molecule has 1 atom stereocenters. The molecule has 0 radical (unpaired) electrons. The van der Waals surface area contributed by atoms with E-state index < -0.39 is 3.23 Å². The quantitative estimate of drug-likeness (QED) is 0.507. The molecule has 78 valence electrons. The Hall–Kier alpha value is 0.390. The number of hydrogen-bond donors (Lipinski definition) is 0. The minimum absolute atomic E-state index is 0.275. The highest BCUT2D eigenvalue weighted by Crippen LogP contribution is 2.46. The third-order valence-corrected chi connectivity index (χ3v) is 4.78. The lowest BCUT2D eigenvalue weighted by molar-refractivity contribution is -0.143. The van der Waals surface area contributed by atoms with E-state index in [1.165, 1.54) is 7.11 Å². The van der Waals surface area contributed by atoms with Crippen molar-refractivity contribution in [2.75, 3.05) is 7.11 Å². The van der Waals surface area contributed by atoms with Gasteiger partial charge in [-0.05, 0) is 18.6 Å². The van der Waals surface area contributed by atoms with Crippen LogP contribution in [0.3, 0.4) is 0 Å². The summed E-state index contributed by atoms with van der Waals surface area (Å²) in [6, 6.07) is 0. The molecule has 0 aromatic carbocycles. The first-order valence-corrected chi connectivity index (χ1v) is 6.29. The van der Waals surface area contributed by atoms with Crippen molar-refractivity contribution in [1.29, 1.82) is 0 Å². The lowest BCUT2D eigenvalue weighted by atomic mass is 9.95. The van der Waals surface area contributed by atoms with Gasteiger partial charge in [0.05, 0.1) is 7.11 Å². The molecule has 0 amide bonds.